The van der Waals surface area contributed by atoms with Crippen LogP contribution in [-0.2, 0) is 6.42 Å². The fraction of sp³-hybridized carbons (Fsp3) is 0.375. The summed E-state index contributed by atoms with van der Waals surface area (Å²) < 4.78 is 5.17. The zero-order valence-corrected chi connectivity index (χ0v) is 12.3. The topological polar surface area (TPSA) is 47.0 Å². The van der Waals surface area contributed by atoms with Crippen LogP contribution in [0.5, 0.6) is 5.75 Å². The van der Waals surface area contributed by atoms with Crippen molar-refractivity contribution in [2.24, 2.45) is 0 Å². The molecular formula is C16H21N3O. The summed E-state index contributed by atoms with van der Waals surface area (Å²) in [6, 6.07) is 8.42. The second-order valence-corrected chi connectivity index (χ2v) is 4.81. The molecule has 0 bridgehead atoms. The van der Waals surface area contributed by atoms with Crippen LogP contribution < -0.4 is 10.1 Å². The minimum absolute atomic E-state index is 0.227. The molecule has 106 valence electrons. The molecule has 0 aliphatic carbocycles. The summed E-state index contributed by atoms with van der Waals surface area (Å²) in [5.74, 6) is 0.892. The third kappa shape index (κ3) is 3.78. The number of benzene rings is 1. The Morgan fingerprint density at radius 2 is 1.90 bits per heavy atom. The predicted molar refractivity (Wildman–Crippen MR) is 79.9 cm³/mol. The maximum absolute atomic E-state index is 5.17. The van der Waals surface area contributed by atoms with Gasteiger partial charge in [-0.2, -0.15) is 0 Å². The number of hydrogen-bond donors (Lipinski definition) is 1. The van der Waals surface area contributed by atoms with Crippen molar-refractivity contribution in [1.29, 1.82) is 0 Å². The van der Waals surface area contributed by atoms with Crippen LogP contribution in [0.15, 0.2) is 36.7 Å². The lowest BCUT2D eigenvalue weighted by Gasteiger charge is -2.15. The molecule has 0 saturated heterocycles. The Balaban J connectivity index is 1.97. The van der Waals surface area contributed by atoms with Crippen molar-refractivity contribution in [3.8, 4) is 5.75 Å². The molecule has 1 atom stereocenters. The summed E-state index contributed by atoms with van der Waals surface area (Å²) in [6.45, 7) is 1.95. The van der Waals surface area contributed by atoms with Gasteiger partial charge < -0.3 is 10.1 Å². The standard InChI is InChI=1S/C16H21N3O/c1-12-10-19-16(11-18-12)15(17-2)9-6-13-4-7-14(20-3)8-5-13/h4-5,7-8,10-11,15,17H,6,9H2,1-3H3. The van der Waals surface area contributed by atoms with Crippen molar-refractivity contribution in [2.75, 3.05) is 14.2 Å². The number of nitrogens with zero attached hydrogens (tertiary/aromatic N) is 2. The van der Waals surface area contributed by atoms with Crippen LogP contribution in [0, 0.1) is 6.92 Å². The molecule has 2 rings (SSSR count). The number of hydrogen-bond acceptors (Lipinski definition) is 4. The summed E-state index contributed by atoms with van der Waals surface area (Å²) in [7, 11) is 3.64. The number of ether oxygens (including phenoxy) is 1. The Hall–Kier alpha value is -1.94. The van der Waals surface area contributed by atoms with Gasteiger partial charge in [-0.15, -0.1) is 0 Å². The van der Waals surface area contributed by atoms with Crippen LogP contribution in [-0.4, -0.2) is 24.1 Å². The molecule has 1 N–H and O–H groups in total. The van der Waals surface area contributed by atoms with Crippen LogP contribution in [0.2, 0.25) is 0 Å². The van der Waals surface area contributed by atoms with Gasteiger partial charge in [0.15, 0.2) is 0 Å². The summed E-state index contributed by atoms with van der Waals surface area (Å²) in [4.78, 5) is 8.75. The van der Waals surface area contributed by atoms with Gasteiger partial charge in [0.25, 0.3) is 0 Å². The molecule has 1 aromatic heterocycles. The molecule has 0 spiro atoms. The monoisotopic (exact) mass is 271 g/mol. The van der Waals surface area contributed by atoms with Gasteiger partial charge in [0.1, 0.15) is 5.75 Å². The lowest BCUT2D eigenvalue weighted by atomic mass is 10.0. The van der Waals surface area contributed by atoms with E-state index in [1.165, 1.54) is 5.56 Å². The molecule has 0 aliphatic rings. The van der Waals surface area contributed by atoms with E-state index in [9.17, 15) is 0 Å². The Kier molecular flexibility index (Phi) is 5.07. The van der Waals surface area contributed by atoms with Gasteiger partial charge in [0.05, 0.1) is 30.7 Å². The second-order valence-electron chi connectivity index (χ2n) is 4.81. The van der Waals surface area contributed by atoms with Crippen molar-refractivity contribution in [3.05, 3.63) is 53.6 Å². The van der Waals surface area contributed by atoms with E-state index in [-0.39, 0.29) is 6.04 Å². The van der Waals surface area contributed by atoms with Crippen LogP contribution in [0.3, 0.4) is 0 Å². The quantitative estimate of drug-likeness (QED) is 0.877. The zero-order chi connectivity index (χ0) is 14.4. The SMILES string of the molecule is CNC(CCc1ccc(OC)cc1)c1cnc(C)cn1. The maximum atomic E-state index is 5.17. The average Bonchev–Trinajstić information content (AvgIpc) is 2.50. The van der Waals surface area contributed by atoms with E-state index in [0.29, 0.717) is 0 Å². The van der Waals surface area contributed by atoms with E-state index in [1.54, 1.807) is 7.11 Å². The van der Waals surface area contributed by atoms with Crippen LogP contribution >= 0.6 is 0 Å². The molecule has 0 amide bonds. The fourth-order valence-corrected chi connectivity index (χ4v) is 2.13. The van der Waals surface area contributed by atoms with Crippen molar-refractivity contribution >= 4 is 0 Å². The van der Waals surface area contributed by atoms with Gasteiger partial charge in [-0.3, -0.25) is 9.97 Å². The molecule has 1 aromatic carbocycles. The van der Waals surface area contributed by atoms with Gasteiger partial charge in [0.2, 0.25) is 0 Å². The minimum atomic E-state index is 0.227. The van der Waals surface area contributed by atoms with Gasteiger partial charge in [-0.25, -0.2) is 0 Å². The minimum Gasteiger partial charge on any atom is -0.497 e. The maximum Gasteiger partial charge on any atom is 0.118 e. The third-order valence-corrected chi connectivity index (χ3v) is 3.39. The first-order chi connectivity index (χ1) is 9.72. The first-order valence-corrected chi connectivity index (χ1v) is 6.81. The molecule has 1 unspecified atom stereocenters. The highest BCUT2D eigenvalue weighted by Gasteiger charge is 2.11. The number of nitrogens with one attached hydrogen (secondary N) is 1. The normalized spacial score (nSPS) is 12.2. The van der Waals surface area contributed by atoms with Crippen LogP contribution in [0.4, 0.5) is 0 Å². The summed E-state index contributed by atoms with van der Waals surface area (Å²) >= 11 is 0. The van der Waals surface area contributed by atoms with E-state index in [1.807, 2.05) is 38.5 Å². The number of aromatic nitrogens is 2. The lowest BCUT2D eigenvalue weighted by Crippen LogP contribution is -2.18. The first kappa shape index (κ1) is 14.5. The van der Waals surface area contributed by atoms with Crippen molar-refractivity contribution in [2.45, 2.75) is 25.8 Å². The van der Waals surface area contributed by atoms with Crippen molar-refractivity contribution in [1.82, 2.24) is 15.3 Å². The van der Waals surface area contributed by atoms with Crippen LogP contribution in [0.1, 0.15) is 29.4 Å². The molecule has 0 radical (unpaired) electrons. The predicted octanol–water partition coefficient (Wildman–Crippen LogP) is 2.69. The van der Waals surface area contributed by atoms with E-state index >= 15 is 0 Å². The fourth-order valence-electron chi connectivity index (χ4n) is 2.13. The van der Waals surface area contributed by atoms with E-state index < -0.39 is 0 Å². The van der Waals surface area contributed by atoms with E-state index in [2.05, 4.69) is 27.4 Å². The summed E-state index contributed by atoms with van der Waals surface area (Å²) in [5.41, 5.74) is 3.23. The van der Waals surface area contributed by atoms with Gasteiger partial charge in [0, 0.05) is 6.20 Å². The molecular weight excluding hydrogens is 250 g/mol. The van der Waals surface area contributed by atoms with Gasteiger partial charge >= 0.3 is 0 Å². The first-order valence-electron chi connectivity index (χ1n) is 6.81. The number of rotatable bonds is 6. The smallest absolute Gasteiger partial charge is 0.118 e. The van der Waals surface area contributed by atoms with Crippen LogP contribution in [0.25, 0.3) is 0 Å². The van der Waals surface area contributed by atoms with Gasteiger partial charge in [-0.05, 0) is 44.5 Å². The van der Waals surface area contributed by atoms with E-state index in [4.69, 9.17) is 4.74 Å². The highest BCUT2D eigenvalue weighted by Crippen LogP contribution is 2.18. The molecule has 2 aromatic rings. The molecule has 20 heavy (non-hydrogen) atoms. The average molecular weight is 271 g/mol. The van der Waals surface area contributed by atoms with Crippen molar-refractivity contribution in [3.63, 3.8) is 0 Å². The molecule has 0 aliphatic heterocycles. The third-order valence-electron chi connectivity index (χ3n) is 3.39. The van der Waals surface area contributed by atoms with Crippen molar-refractivity contribution < 1.29 is 4.74 Å². The Morgan fingerprint density at radius 3 is 2.45 bits per heavy atom. The number of aryl methyl sites for hydroxylation is 2. The Bertz CT molecular complexity index is 522. The Labute approximate surface area is 120 Å². The highest BCUT2D eigenvalue weighted by atomic mass is 16.5. The summed E-state index contributed by atoms with van der Waals surface area (Å²) in [6.07, 6.45) is 5.64. The Morgan fingerprint density at radius 1 is 1.15 bits per heavy atom. The molecule has 4 heteroatoms. The zero-order valence-electron chi connectivity index (χ0n) is 12.3. The van der Waals surface area contributed by atoms with Gasteiger partial charge in [-0.1, -0.05) is 12.1 Å². The molecule has 4 nitrogen and oxygen atoms in total. The molecule has 1 heterocycles. The second kappa shape index (κ2) is 7.01. The molecule has 0 fully saturated rings. The van der Waals surface area contributed by atoms with E-state index in [0.717, 1.165) is 30.0 Å². The lowest BCUT2D eigenvalue weighted by molar-refractivity contribution is 0.414. The summed E-state index contributed by atoms with van der Waals surface area (Å²) in [5, 5.41) is 3.30. The largest absolute Gasteiger partial charge is 0.497 e. The molecule has 0 saturated carbocycles. The number of methoxy groups -OCH3 is 1. The highest BCUT2D eigenvalue weighted by molar-refractivity contribution is 5.27.